The molecule has 0 aliphatic heterocycles. The van der Waals surface area contributed by atoms with Gasteiger partial charge in [0.25, 0.3) is 5.91 Å². The summed E-state index contributed by atoms with van der Waals surface area (Å²) in [5.41, 5.74) is 0.721. The molecule has 2 aromatic rings. The van der Waals surface area contributed by atoms with Crippen LogP contribution in [0.4, 0.5) is 4.39 Å². The Kier molecular flexibility index (Phi) is 7.42. The van der Waals surface area contributed by atoms with Crippen molar-refractivity contribution < 1.29 is 23.5 Å². The fraction of sp³-hybridized carbons (Fsp3) is 0.263. The van der Waals surface area contributed by atoms with Gasteiger partial charge in [-0.15, -0.1) is 0 Å². The Labute approximate surface area is 151 Å². The van der Waals surface area contributed by atoms with E-state index in [0.29, 0.717) is 18.0 Å². The van der Waals surface area contributed by atoms with Gasteiger partial charge in [0.05, 0.1) is 13.5 Å². The Bertz CT molecular complexity index is 735. The fourth-order valence-electron chi connectivity index (χ4n) is 2.19. The predicted octanol–water partition coefficient (Wildman–Crippen LogP) is 1.69. The molecule has 0 fully saturated rings. The summed E-state index contributed by atoms with van der Waals surface area (Å²) in [5.74, 6) is 0.193. The molecule has 0 bridgehead atoms. The van der Waals surface area contributed by atoms with Crippen molar-refractivity contribution in [1.29, 1.82) is 0 Å². The van der Waals surface area contributed by atoms with Gasteiger partial charge in [-0.05, 0) is 29.8 Å². The smallest absolute Gasteiger partial charge is 0.258 e. The first-order valence-electron chi connectivity index (χ1n) is 8.12. The van der Waals surface area contributed by atoms with Gasteiger partial charge in [-0.1, -0.05) is 24.3 Å². The first kappa shape index (κ1) is 19.2. The predicted molar refractivity (Wildman–Crippen MR) is 94.6 cm³/mol. The van der Waals surface area contributed by atoms with E-state index < -0.39 is 0 Å². The summed E-state index contributed by atoms with van der Waals surface area (Å²) in [6.45, 7) is 0.424. The van der Waals surface area contributed by atoms with Crippen molar-refractivity contribution >= 4 is 11.8 Å². The van der Waals surface area contributed by atoms with Crippen molar-refractivity contribution in [2.75, 3.05) is 26.8 Å². The molecule has 2 rings (SSSR count). The van der Waals surface area contributed by atoms with E-state index in [1.165, 1.54) is 19.2 Å². The number of carbonyl (C=O) groups excluding carboxylic acids is 2. The molecule has 138 valence electrons. The fourth-order valence-corrected chi connectivity index (χ4v) is 2.19. The Morgan fingerprint density at radius 3 is 2.19 bits per heavy atom. The van der Waals surface area contributed by atoms with Crippen LogP contribution < -0.4 is 20.1 Å². The van der Waals surface area contributed by atoms with Crippen molar-refractivity contribution in [2.24, 2.45) is 0 Å². The van der Waals surface area contributed by atoms with E-state index in [-0.39, 0.29) is 37.2 Å². The average molecular weight is 360 g/mol. The number of benzene rings is 2. The number of rotatable bonds is 9. The lowest BCUT2D eigenvalue weighted by atomic mass is 10.1. The number of amides is 2. The van der Waals surface area contributed by atoms with E-state index in [1.807, 2.05) is 0 Å². The van der Waals surface area contributed by atoms with Crippen molar-refractivity contribution in [1.82, 2.24) is 10.6 Å². The number of nitrogens with one attached hydrogen (secondary N) is 2. The minimum Gasteiger partial charge on any atom is -0.493 e. The van der Waals surface area contributed by atoms with E-state index in [1.54, 1.807) is 36.4 Å². The monoisotopic (exact) mass is 360 g/mol. The summed E-state index contributed by atoms with van der Waals surface area (Å²) in [6, 6.07) is 12.8. The Balaban J connectivity index is 1.62. The minimum absolute atomic E-state index is 0.149. The number of para-hydroxylation sites is 2. The van der Waals surface area contributed by atoms with Crippen LogP contribution in [-0.4, -0.2) is 38.6 Å². The molecule has 0 aliphatic rings. The highest BCUT2D eigenvalue weighted by molar-refractivity contribution is 5.79. The lowest BCUT2D eigenvalue weighted by Crippen LogP contribution is -2.37. The van der Waals surface area contributed by atoms with Gasteiger partial charge in [0.15, 0.2) is 18.1 Å². The molecule has 0 aliphatic carbocycles. The van der Waals surface area contributed by atoms with E-state index >= 15 is 0 Å². The second-order valence-electron chi connectivity index (χ2n) is 5.44. The maximum absolute atomic E-state index is 12.8. The standard InChI is InChI=1S/C19H21FN2O4/c1-25-16-4-2-3-5-17(16)26-13-19(24)22-11-10-21-18(23)12-14-6-8-15(20)9-7-14/h2-9H,10-13H2,1H3,(H,21,23)(H,22,24). The van der Waals surface area contributed by atoms with Crippen molar-refractivity contribution in [2.45, 2.75) is 6.42 Å². The van der Waals surface area contributed by atoms with Crippen LogP contribution in [0.15, 0.2) is 48.5 Å². The molecule has 26 heavy (non-hydrogen) atoms. The normalized spacial score (nSPS) is 10.1. The Morgan fingerprint density at radius 1 is 0.923 bits per heavy atom. The summed E-state index contributed by atoms with van der Waals surface area (Å²) < 4.78 is 23.3. The molecule has 2 N–H and O–H groups in total. The maximum Gasteiger partial charge on any atom is 0.258 e. The van der Waals surface area contributed by atoms with Gasteiger partial charge in [-0.2, -0.15) is 0 Å². The summed E-state index contributed by atoms with van der Waals surface area (Å²) in [7, 11) is 1.52. The molecule has 0 saturated heterocycles. The molecule has 0 heterocycles. The molecular weight excluding hydrogens is 339 g/mol. The summed E-state index contributed by atoms with van der Waals surface area (Å²) in [4.78, 5) is 23.5. The van der Waals surface area contributed by atoms with Crippen LogP contribution >= 0.6 is 0 Å². The molecule has 0 saturated carbocycles. The zero-order valence-corrected chi connectivity index (χ0v) is 14.5. The largest absolute Gasteiger partial charge is 0.493 e. The second kappa shape index (κ2) is 10.0. The SMILES string of the molecule is COc1ccccc1OCC(=O)NCCNC(=O)Cc1ccc(F)cc1. The first-order chi connectivity index (χ1) is 12.6. The van der Waals surface area contributed by atoms with Crippen LogP contribution in [0.3, 0.4) is 0 Å². The van der Waals surface area contributed by atoms with E-state index in [9.17, 15) is 14.0 Å². The number of halogens is 1. The van der Waals surface area contributed by atoms with Crippen molar-refractivity contribution in [3.05, 3.63) is 59.9 Å². The zero-order valence-electron chi connectivity index (χ0n) is 14.5. The molecule has 0 radical (unpaired) electrons. The van der Waals surface area contributed by atoms with Gasteiger partial charge in [0.2, 0.25) is 5.91 Å². The third-order valence-corrected chi connectivity index (χ3v) is 3.48. The van der Waals surface area contributed by atoms with E-state index in [0.717, 1.165) is 5.56 Å². The highest BCUT2D eigenvalue weighted by Crippen LogP contribution is 2.25. The van der Waals surface area contributed by atoms with Crippen LogP contribution in [0, 0.1) is 5.82 Å². The van der Waals surface area contributed by atoms with Gasteiger partial charge in [-0.25, -0.2) is 4.39 Å². The number of hydrogen-bond acceptors (Lipinski definition) is 4. The molecule has 6 nitrogen and oxygen atoms in total. The first-order valence-corrected chi connectivity index (χ1v) is 8.12. The van der Waals surface area contributed by atoms with Gasteiger partial charge in [0, 0.05) is 13.1 Å². The highest BCUT2D eigenvalue weighted by Gasteiger charge is 2.07. The number of methoxy groups -OCH3 is 1. The van der Waals surface area contributed by atoms with Crippen molar-refractivity contribution in [3.8, 4) is 11.5 Å². The average Bonchev–Trinajstić information content (AvgIpc) is 2.65. The molecule has 2 aromatic carbocycles. The van der Waals surface area contributed by atoms with E-state index in [2.05, 4.69) is 10.6 Å². The van der Waals surface area contributed by atoms with Gasteiger partial charge < -0.3 is 20.1 Å². The molecule has 7 heteroatoms. The maximum atomic E-state index is 12.8. The second-order valence-corrected chi connectivity index (χ2v) is 5.44. The molecule has 0 spiro atoms. The Hall–Kier alpha value is -3.09. The third kappa shape index (κ3) is 6.43. The van der Waals surface area contributed by atoms with Crippen LogP contribution in [-0.2, 0) is 16.0 Å². The quantitative estimate of drug-likeness (QED) is 0.667. The summed E-state index contributed by atoms with van der Waals surface area (Å²) in [6.07, 6.45) is 0.158. The molecule has 0 atom stereocenters. The van der Waals surface area contributed by atoms with Crippen LogP contribution in [0.5, 0.6) is 11.5 Å². The Morgan fingerprint density at radius 2 is 1.54 bits per heavy atom. The summed E-state index contributed by atoms with van der Waals surface area (Å²) >= 11 is 0. The number of hydrogen-bond donors (Lipinski definition) is 2. The molecule has 0 aromatic heterocycles. The zero-order chi connectivity index (χ0) is 18.8. The minimum atomic E-state index is -0.341. The van der Waals surface area contributed by atoms with Gasteiger partial charge in [0.1, 0.15) is 5.82 Å². The van der Waals surface area contributed by atoms with Crippen molar-refractivity contribution in [3.63, 3.8) is 0 Å². The summed E-state index contributed by atoms with van der Waals surface area (Å²) in [5, 5.41) is 5.33. The van der Waals surface area contributed by atoms with Crippen LogP contribution in [0.2, 0.25) is 0 Å². The number of ether oxygens (including phenoxy) is 2. The van der Waals surface area contributed by atoms with Crippen LogP contribution in [0.1, 0.15) is 5.56 Å². The molecular formula is C19H21FN2O4. The highest BCUT2D eigenvalue weighted by atomic mass is 19.1. The topological polar surface area (TPSA) is 76.7 Å². The van der Waals surface area contributed by atoms with Crippen LogP contribution in [0.25, 0.3) is 0 Å². The van der Waals surface area contributed by atoms with Gasteiger partial charge >= 0.3 is 0 Å². The number of carbonyl (C=O) groups is 2. The van der Waals surface area contributed by atoms with E-state index in [4.69, 9.17) is 9.47 Å². The third-order valence-electron chi connectivity index (χ3n) is 3.48. The lowest BCUT2D eigenvalue weighted by molar-refractivity contribution is -0.124. The molecule has 2 amide bonds. The lowest BCUT2D eigenvalue weighted by Gasteiger charge is -2.11. The molecule has 0 unspecified atom stereocenters. The van der Waals surface area contributed by atoms with Gasteiger partial charge in [-0.3, -0.25) is 9.59 Å².